The van der Waals surface area contributed by atoms with Crippen LogP contribution in [0.15, 0.2) is 12.1 Å². The summed E-state index contributed by atoms with van der Waals surface area (Å²) >= 11 is 0. The van der Waals surface area contributed by atoms with Crippen molar-refractivity contribution in [2.75, 3.05) is 26.9 Å². The van der Waals surface area contributed by atoms with E-state index in [9.17, 15) is 13.2 Å². The minimum absolute atomic E-state index is 0.0777. The van der Waals surface area contributed by atoms with E-state index in [2.05, 4.69) is 4.72 Å². The fourth-order valence-electron chi connectivity index (χ4n) is 3.88. The van der Waals surface area contributed by atoms with Crippen LogP contribution in [0.1, 0.15) is 42.4 Å². The summed E-state index contributed by atoms with van der Waals surface area (Å²) in [6, 6.07) is 3.21. The first-order valence-corrected chi connectivity index (χ1v) is 11.8. The fourth-order valence-corrected chi connectivity index (χ4v) is 5.52. The van der Waals surface area contributed by atoms with Gasteiger partial charge in [0, 0.05) is 19.7 Å². The zero-order chi connectivity index (χ0) is 21.2. The number of benzene rings is 1. The molecule has 1 unspecified atom stereocenters. The number of rotatable bonds is 8. The third-order valence-electron chi connectivity index (χ3n) is 6.08. The smallest absolute Gasteiger partial charge is 0.260 e. The topological polar surface area (TPSA) is 84.9 Å². The second-order valence-corrected chi connectivity index (χ2v) is 10.1. The first kappa shape index (κ1) is 22.1. The number of hydrogen-bond acceptors (Lipinski definition) is 5. The summed E-state index contributed by atoms with van der Waals surface area (Å²) in [7, 11) is -1.76. The van der Waals surface area contributed by atoms with Crippen LogP contribution in [0.5, 0.6) is 5.75 Å². The summed E-state index contributed by atoms with van der Waals surface area (Å²) in [6.07, 6.45) is 2.86. The molecule has 1 amide bonds. The van der Waals surface area contributed by atoms with Gasteiger partial charge in [-0.1, -0.05) is 6.07 Å². The average molecular weight is 425 g/mol. The van der Waals surface area contributed by atoms with Crippen molar-refractivity contribution in [3.63, 3.8) is 0 Å². The Morgan fingerprint density at radius 1 is 1.17 bits per heavy atom. The first-order chi connectivity index (χ1) is 13.7. The van der Waals surface area contributed by atoms with Gasteiger partial charge < -0.3 is 14.4 Å². The van der Waals surface area contributed by atoms with Crippen LogP contribution in [0.2, 0.25) is 0 Å². The van der Waals surface area contributed by atoms with E-state index in [0.717, 1.165) is 17.5 Å². The summed E-state index contributed by atoms with van der Waals surface area (Å²) in [5.41, 5.74) is 3.36. The molecule has 0 aromatic heterocycles. The van der Waals surface area contributed by atoms with Gasteiger partial charge in [-0.15, -0.1) is 0 Å². The number of methoxy groups -OCH3 is 1. The second-order valence-electron chi connectivity index (χ2n) is 8.14. The molecule has 1 saturated heterocycles. The molecule has 29 heavy (non-hydrogen) atoms. The van der Waals surface area contributed by atoms with Crippen molar-refractivity contribution in [1.82, 2.24) is 9.62 Å². The van der Waals surface area contributed by atoms with E-state index >= 15 is 0 Å². The van der Waals surface area contributed by atoms with Gasteiger partial charge in [-0.25, -0.2) is 13.1 Å². The number of sulfonamides is 1. The van der Waals surface area contributed by atoms with Crippen LogP contribution in [0.25, 0.3) is 0 Å². The number of carbonyl (C=O) groups excluding carboxylic acids is 1. The Bertz CT molecular complexity index is 851. The highest BCUT2D eigenvalue weighted by atomic mass is 32.2. The molecule has 1 saturated carbocycles. The van der Waals surface area contributed by atoms with Crippen molar-refractivity contribution in [3.8, 4) is 5.75 Å². The monoisotopic (exact) mass is 424 g/mol. The zero-order valence-electron chi connectivity index (χ0n) is 17.7. The molecule has 1 aromatic rings. The van der Waals surface area contributed by atoms with Crippen LogP contribution >= 0.6 is 0 Å². The predicted molar refractivity (Wildman–Crippen MR) is 112 cm³/mol. The van der Waals surface area contributed by atoms with Crippen molar-refractivity contribution in [2.24, 2.45) is 0 Å². The molecule has 1 aromatic carbocycles. The maximum Gasteiger partial charge on any atom is 0.260 e. The molecule has 8 heteroatoms. The standard InChI is InChI=1S/C21H32N2O5S/c1-14-7-10-20(16(3)15(14)2)28-13-21(24)23-11-5-6-18(19(23)12-27-4)22-29(25,26)17-8-9-17/h7,10,17-19,22H,5-6,8-9,11-13H2,1-4H3/t18-,19?/m0/s1. The molecule has 1 aliphatic heterocycles. The van der Waals surface area contributed by atoms with Gasteiger partial charge in [0.05, 0.1) is 17.9 Å². The molecular weight excluding hydrogens is 392 g/mol. The summed E-state index contributed by atoms with van der Waals surface area (Å²) in [6.45, 7) is 6.85. The Morgan fingerprint density at radius 3 is 2.55 bits per heavy atom. The molecule has 2 fully saturated rings. The molecule has 3 rings (SSSR count). The maximum atomic E-state index is 12.9. The highest BCUT2D eigenvalue weighted by molar-refractivity contribution is 7.90. The Kier molecular flexibility index (Phi) is 6.86. The molecule has 1 heterocycles. The zero-order valence-corrected chi connectivity index (χ0v) is 18.5. The number of piperidine rings is 1. The number of nitrogens with one attached hydrogen (secondary N) is 1. The SMILES string of the molecule is COCC1[C@@H](NS(=O)(=O)C2CC2)CCCN1C(=O)COc1ccc(C)c(C)c1C. The van der Waals surface area contributed by atoms with Crippen LogP contribution in [-0.2, 0) is 19.6 Å². The lowest BCUT2D eigenvalue weighted by atomic mass is 9.97. The lowest BCUT2D eigenvalue weighted by molar-refractivity contribution is -0.139. The minimum Gasteiger partial charge on any atom is -0.483 e. The Hall–Kier alpha value is -1.64. The van der Waals surface area contributed by atoms with E-state index in [-0.39, 0.29) is 36.5 Å². The van der Waals surface area contributed by atoms with Gasteiger partial charge in [0.2, 0.25) is 10.0 Å². The van der Waals surface area contributed by atoms with Gasteiger partial charge in [0.1, 0.15) is 5.75 Å². The summed E-state index contributed by atoms with van der Waals surface area (Å²) in [5, 5.41) is -0.284. The van der Waals surface area contributed by atoms with Crippen molar-refractivity contribution >= 4 is 15.9 Å². The van der Waals surface area contributed by atoms with E-state index in [0.29, 0.717) is 31.6 Å². The van der Waals surface area contributed by atoms with Crippen molar-refractivity contribution in [1.29, 1.82) is 0 Å². The fraction of sp³-hybridized carbons (Fsp3) is 0.667. The number of likely N-dealkylation sites (tertiary alicyclic amines) is 1. The van der Waals surface area contributed by atoms with Gasteiger partial charge in [0.15, 0.2) is 6.61 Å². The van der Waals surface area contributed by atoms with Gasteiger partial charge in [-0.05, 0) is 69.2 Å². The number of amides is 1. The van der Waals surface area contributed by atoms with Crippen LogP contribution in [-0.4, -0.2) is 63.4 Å². The first-order valence-electron chi connectivity index (χ1n) is 10.2. The molecule has 0 spiro atoms. The predicted octanol–water partition coefficient (Wildman–Crippen LogP) is 2.08. The van der Waals surface area contributed by atoms with Gasteiger partial charge in [0.25, 0.3) is 5.91 Å². The lowest BCUT2D eigenvalue weighted by Gasteiger charge is -2.41. The third kappa shape index (κ3) is 5.10. The van der Waals surface area contributed by atoms with Crippen LogP contribution < -0.4 is 9.46 Å². The highest BCUT2D eigenvalue weighted by Gasteiger charge is 2.41. The van der Waals surface area contributed by atoms with Crippen molar-refractivity contribution in [2.45, 2.75) is 63.8 Å². The van der Waals surface area contributed by atoms with Crippen molar-refractivity contribution in [3.05, 3.63) is 28.8 Å². The molecule has 0 bridgehead atoms. The van der Waals surface area contributed by atoms with Crippen molar-refractivity contribution < 1.29 is 22.7 Å². The van der Waals surface area contributed by atoms with E-state index in [1.165, 1.54) is 5.56 Å². The lowest BCUT2D eigenvalue weighted by Crippen LogP contribution is -2.59. The molecule has 2 atom stereocenters. The molecule has 0 radical (unpaired) electrons. The molecule has 1 aliphatic carbocycles. The highest BCUT2D eigenvalue weighted by Crippen LogP contribution is 2.29. The summed E-state index contributed by atoms with van der Waals surface area (Å²) in [5.74, 6) is 0.549. The van der Waals surface area contributed by atoms with E-state index in [1.54, 1.807) is 12.0 Å². The van der Waals surface area contributed by atoms with E-state index in [1.807, 2.05) is 32.9 Å². The molecule has 1 N–H and O–H groups in total. The summed E-state index contributed by atoms with van der Waals surface area (Å²) < 4.78 is 38.8. The van der Waals surface area contributed by atoms with Crippen LogP contribution in [0.4, 0.5) is 0 Å². The average Bonchev–Trinajstić information content (AvgIpc) is 3.52. The largest absolute Gasteiger partial charge is 0.483 e. The Morgan fingerprint density at radius 2 is 1.90 bits per heavy atom. The van der Waals surface area contributed by atoms with Gasteiger partial charge in [-0.2, -0.15) is 0 Å². The number of aryl methyl sites for hydroxylation is 1. The second kappa shape index (κ2) is 9.02. The maximum absolute atomic E-state index is 12.9. The van der Waals surface area contributed by atoms with E-state index in [4.69, 9.17) is 9.47 Å². The van der Waals surface area contributed by atoms with Crippen LogP contribution in [0, 0.1) is 20.8 Å². The van der Waals surface area contributed by atoms with Gasteiger partial charge in [-0.3, -0.25) is 4.79 Å². The third-order valence-corrected chi connectivity index (χ3v) is 8.06. The molecule has 162 valence electrons. The Labute approximate surface area is 173 Å². The number of nitrogens with zero attached hydrogens (tertiary/aromatic N) is 1. The number of hydrogen-bond donors (Lipinski definition) is 1. The molecule has 2 aliphatic rings. The normalized spacial score (nSPS) is 22.6. The quantitative estimate of drug-likeness (QED) is 0.691. The van der Waals surface area contributed by atoms with E-state index < -0.39 is 10.0 Å². The Balaban J connectivity index is 1.68. The van der Waals surface area contributed by atoms with Crippen LogP contribution in [0.3, 0.4) is 0 Å². The minimum atomic E-state index is -3.33. The number of carbonyl (C=O) groups is 1. The summed E-state index contributed by atoms with van der Waals surface area (Å²) in [4.78, 5) is 14.7. The number of ether oxygens (including phenoxy) is 2. The van der Waals surface area contributed by atoms with Gasteiger partial charge >= 0.3 is 0 Å². The molecule has 7 nitrogen and oxygen atoms in total. The molecular formula is C21H32N2O5S.